The van der Waals surface area contributed by atoms with Crippen molar-refractivity contribution < 1.29 is 9.47 Å². The maximum atomic E-state index is 6.64. The van der Waals surface area contributed by atoms with Crippen molar-refractivity contribution in [2.45, 2.75) is 50.2 Å². The van der Waals surface area contributed by atoms with Crippen LogP contribution in [0.4, 0.5) is 0 Å². The molecule has 0 saturated heterocycles. The van der Waals surface area contributed by atoms with Gasteiger partial charge in [-0.15, -0.1) is 0 Å². The summed E-state index contributed by atoms with van der Waals surface area (Å²) in [7, 11) is 1.85. The topological polar surface area (TPSA) is 18.5 Å². The summed E-state index contributed by atoms with van der Waals surface area (Å²) >= 11 is 0. The fraction of sp³-hybridized carbons (Fsp3) is 0.500. The molecule has 0 aliphatic heterocycles. The van der Waals surface area contributed by atoms with E-state index in [2.05, 4.69) is 67.6 Å². The highest BCUT2D eigenvalue weighted by atomic mass is 16.7. The molecule has 2 saturated carbocycles. The first kappa shape index (κ1) is 17.8. The molecule has 2 fully saturated rings. The van der Waals surface area contributed by atoms with Crippen LogP contribution in [0.5, 0.6) is 0 Å². The van der Waals surface area contributed by atoms with E-state index in [-0.39, 0.29) is 11.8 Å². The summed E-state index contributed by atoms with van der Waals surface area (Å²) in [6.07, 6.45) is 4.86. The lowest BCUT2D eigenvalue weighted by Gasteiger charge is -2.41. The van der Waals surface area contributed by atoms with Crippen molar-refractivity contribution in [3.05, 3.63) is 71.8 Å². The normalized spacial score (nSPS) is 33.3. The number of hydrogen-bond acceptors (Lipinski definition) is 2. The average Bonchev–Trinajstić information content (AvgIpc) is 3.25. The standard InChI is InChI=1S/C24H30O2/c1-3-17-26-24(25-2)22(18-11-6-4-7-12-18)20-15-10-16-21(20)23(24)19-13-8-5-9-14-19/h4-9,11-14,20-23H,3,10,15-17H2,1-2H3/t20-,21+,22?,23?,24?. The molecule has 4 rings (SSSR count). The van der Waals surface area contributed by atoms with Crippen LogP contribution in [0.1, 0.15) is 55.6 Å². The minimum Gasteiger partial charge on any atom is -0.352 e. The van der Waals surface area contributed by atoms with Crippen LogP contribution in [0.25, 0.3) is 0 Å². The maximum absolute atomic E-state index is 6.64. The Morgan fingerprint density at radius 2 is 1.35 bits per heavy atom. The molecular weight excluding hydrogens is 320 g/mol. The van der Waals surface area contributed by atoms with Crippen LogP contribution >= 0.6 is 0 Å². The minimum absolute atomic E-state index is 0.290. The molecule has 2 aliphatic carbocycles. The predicted octanol–water partition coefficient (Wildman–Crippen LogP) is 5.75. The van der Waals surface area contributed by atoms with E-state index in [4.69, 9.17) is 9.47 Å². The van der Waals surface area contributed by atoms with Gasteiger partial charge in [0, 0.05) is 25.6 Å². The Balaban J connectivity index is 1.86. The second kappa shape index (κ2) is 7.54. The molecule has 0 heterocycles. The van der Waals surface area contributed by atoms with Gasteiger partial charge in [-0.2, -0.15) is 0 Å². The van der Waals surface area contributed by atoms with E-state index in [1.54, 1.807) is 0 Å². The molecule has 0 bridgehead atoms. The first-order chi connectivity index (χ1) is 12.8. The van der Waals surface area contributed by atoms with Gasteiger partial charge in [0.15, 0.2) is 5.79 Å². The third-order valence-electron chi connectivity index (χ3n) is 6.52. The van der Waals surface area contributed by atoms with Gasteiger partial charge >= 0.3 is 0 Å². The molecule has 2 aromatic rings. The van der Waals surface area contributed by atoms with Crippen LogP contribution in [-0.2, 0) is 9.47 Å². The summed E-state index contributed by atoms with van der Waals surface area (Å²) in [4.78, 5) is 0. The van der Waals surface area contributed by atoms with Crippen LogP contribution in [0.15, 0.2) is 60.7 Å². The fourth-order valence-corrected chi connectivity index (χ4v) is 5.67. The summed E-state index contributed by atoms with van der Waals surface area (Å²) in [6.45, 7) is 2.91. The van der Waals surface area contributed by atoms with Crippen LogP contribution in [0, 0.1) is 11.8 Å². The summed E-state index contributed by atoms with van der Waals surface area (Å²) in [6, 6.07) is 21.8. The Morgan fingerprint density at radius 1 is 0.846 bits per heavy atom. The molecule has 0 aromatic heterocycles. The van der Waals surface area contributed by atoms with E-state index in [1.807, 2.05) is 7.11 Å². The molecule has 2 aromatic carbocycles. The van der Waals surface area contributed by atoms with Gasteiger partial charge in [-0.1, -0.05) is 74.0 Å². The number of ether oxygens (including phenoxy) is 2. The van der Waals surface area contributed by atoms with Gasteiger partial charge in [0.25, 0.3) is 0 Å². The van der Waals surface area contributed by atoms with Gasteiger partial charge in [-0.05, 0) is 42.2 Å². The largest absolute Gasteiger partial charge is 0.352 e. The van der Waals surface area contributed by atoms with E-state index < -0.39 is 5.79 Å². The zero-order chi connectivity index (χ0) is 18.0. The number of rotatable bonds is 6. The second-order valence-corrected chi connectivity index (χ2v) is 7.81. The monoisotopic (exact) mass is 350 g/mol. The SMILES string of the molecule is CCCOC1(OC)C(c2ccccc2)[C@H]2CCC[C@H]2C1c1ccccc1. The van der Waals surface area contributed by atoms with Gasteiger partial charge in [0.1, 0.15) is 0 Å². The first-order valence-electron chi connectivity index (χ1n) is 10.1. The molecule has 138 valence electrons. The smallest absolute Gasteiger partial charge is 0.182 e. The van der Waals surface area contributed by atoms with E-state index in [0.717, 1.165) is 13.0 Å². The number of hydrogen-bond donors (Lipinski definition) is 0. The highest BCUT2D eigenvalue weighted by Gasteiger charge is 2.63. The number of benzene rings is 2. The quantitative estimate of drug-likeness (QED) is 0.617. The molecule has 2 aliphatic rings. The van der Waals surface area contributed by atoms with Crippen molar-refractivity contribution in [2.75, 3.05) is 13.7 Å². The zero-order valence-electron chi connectivity index (χ0n) is 15.9. The first-order valence-corrected chi connectivity index (χ1v) is 10.1. The molecule has 2 heteroatoms. The van der Waals surface area contributed by atoms with E-state index in [1.165, 1.54) is 30.4 Å². The Bertz CT molecular complexity index is 643. The summed E-state index contributed by atoms with van der Waals surface area (Å²) < 4.78 is 13.0. The van der Waals surface area contributed by atoms with Crippen LogP contribution in [0.2, 0.25) is 0 Å². The van der Waals surface area contributed by atoms with E-state index >= 15 is 0 Å². The molecule has 5 atom stereocenters. The molecule has 3 unspecified atom stereocenters. The molecule has 0 spiro atoms. The molecular formula is C24H30O2. The molecule has 0 N–H and O–H groups in total. The van der Waals surface area contributed by atoms with Crippen molar-refractivity contribution in [1.29, 1.82) is 0 Å². The Labute approximate surface area is 157 Å². The maximum Gasteiger partial charge on any atom is 0.182 e. The third-order valence-corrected chi connectivity index (χ3v) is 6.52. The number of fused-ring (bicyclic) bond motifs is 1. The van der Waals surface area contributed by atoms with Crippen molar-refractivity contribution in [3.8, 4) is 0 Å². The highest BCUT2D eigenvalue weighted by molar-refractivity contribution is 5.35. The zero-order valence-corrected chi connectivity index (χ0v) is 15.9. The average molecular weight is 351 g/mol. The van der Waals surface area contributed by atoms with Crippen LogP contribution < -0.4 is 0 Å². The Morgan fingerprint density at radius 3 is 1.77 bits per heavy atom. The summed E-state index contributed by atoms with van der Waals surface area (Å²) in [5.74, 6) is 1.25. The lowest BCUT2D eigenvalue weighted by molar-refractivity contribution is -0.242. The van der Waals surface area contributed by atoms with Gasteiger partial charge in [0.05, 0.1) is 0 Å². The lowest BCUT2D eigenvalue weighted by Crippen LogP contribution is -2.44. The van der Waals surface area contributed by atoms with Gasteiger partial charge in [0.2, 0.25) is 0 Å². The molecule has 2 nitrogen and oxygen atoms in total. The Hall–Kier alpha value is -1.64. The minimum atomic E-state index is -0.575. The van der Waals surface area contributed by atoms with E-state index in [0.29, 0.717) is 11.8 Å². The Kier molecular flexibility index (Phi) is 5.15. The van der Waals surface area contributed by atoms with Crippen molar-refractivity contribution in [3.63, 3.8) is 0 Å². The molecule has 26 heavy (non-hydrogen) atoms. The van der Waals surface area contributed by atoms with E-state index in [9.17, 15) is 0 Å². The molecule has 0 amide bonds. The lowest BCUT2D eigenvalue weighted by atomic mass is 9.82. The predicted molar refractivity (Wildman–Crippen MR) is 105 cm³/mol. The molecule has 0 radical (unpaired) electrons. The number of methoxy groups -OCH3 is 1. The van der Waals surface area contributed by atoms with Gasteiger partial charge in [-0.3, -0.25) is 0 Å². The summed E-state index contributed by atoms with van der Waals surface area (Å²) in [5.41, 5.74) is 2.72. The van der Waals surface area contributed by atoms with Crippen molar-refractivity contribution in [1.82, 2.24) is 0 Å². The van der Waals surface area contributed by atoms with Crippen LogP contribution in [-0.4, -0.2) is 19.5 Å². The highest BCUT2D eigenvalue weighted by Crippen LogP contribution is 2.64. The second-order valence-electron chi connectivity index (χ2n) is 7.81. The third kappa shape index (κ3) is 2.80. The van der Waals surface area contributed by atoms with Crippen molar-refractivity contribution in [2.24, 2.45) is 11.8 Å². The van der Waals surface area contributed by atoms with Crippen LogP contribution in [0.3, 0.4) is 0 Å². The van der Waals surface area contributed by atoms with Crippen molar-refractivity contribution >= 4 is 0 Å². The van der Waals surface area contributed by atoms with Gasteiger partial charge < -0.3 is 9.47 Å². The summed E-state index contributed by atoms with van der Waals surface area (Å²) in [5, 5.41) is 0. The van der Waals surface area contributed by atoms with Gasteiger partial charge in [-0.25, -0.2) is 0 Å². The fourth-order valence-electron chi connectivity index (χ4n) is 5.67.